The summed E-state index contributed by atoms with van der Waals surface area (Å²) in [7, 11) is 1.64. The molecule has 1 heterocycles. The molecule has 5 nitrogen and oxygen atoms in total. The van der Waals surface area contributed by atoms with Crippen LogP contribution in [-0.2, 0) is 13.1 Å². The molecule has 1 aromatic carbocycles. The van der Waals surface area contributed by atoms with Gasteiger partial charge in [0.1, 0.15) is 5.75 Å². The standard InChI is InChI=1S/C17H23N3O2/c1-4-10-18-12-14-11-16(19-20(5-2)17(14)21)13-6-8-15(22-3)9-7-13/h6-9,11,18H,4-5,10,12H2,1-3H3. The molecular formula is C17H23N3O2. The van der Waals surface area contributed by atoms with E-state index in [-0.39, 0.29) is 5.56 Å². The second kappa shape index (κ2) is 7.75. The summed E-state index contributed by atoms with van der Waals surface area (Å²) in [5, 5.41) is 7.72. The number of hydrogen-bond acceptors (Lipinski definition) is 4. The van der Waals surface area contributed by atoms with Gasteiger partial charge in [-0.1, -0.05) is 6.92 Å². The first kappa shape index (κ1) is 16.2. The topological polar surface area (TPSA) is 56.1 Å². The molecule has 0 unspecified atom stereocenters. The minimum atomic E-state index is -0.0247. The van der Waals surface area contributed by atoms with E-state index in [4.69, 9.17) is 4.74 Å². The average molecular weight is 301 g/mol. The largest absolute Gasteiger partial charge is 0.497 e. The summed E-state index contributed by atoms with van der Waals surface area (Å²) in [4.78, 5) is 12.3. The molecule has 0 spiro atoms. The van der Waals surface area contributed by atoms with Crippen molar-refractivity contribution < 1.29 is 4.74 Å². The van der Waals surface area contributed by atoms with Gasteiger partial charge < -0.3 is 10.1 Å². The molecular weight excluding hydrogens is 278 g/mol. The van der Waals surface area contributed by atoms with E-state index < -0.39 is 0 Å². The number of ether oxygens (including phenoxy) is 1. The van der Waals surface area contributed by atoms with Gasteiger partial charge in [0.15, 0.2) is 0 Å². The van der Waals surface area contributed by atoms with Crippen LogP contribution in [0, 0.1) is 0 Å². The fourth-order valence-corrected chi connectivity index (χ4v) is 2.24. The maximum atomic E-state index is 12.3. The summed E-state index contributed by atoms with van der Waals surface area (Å²) in [5.41, 5.74) is 2.50. The molecule has 22 heavy (non-hydrogen) atoms. The van der Waals surface area contributed by atoms with Crippen molar-refractivity contribution in [3.63, 3.8) is 0 Å². The molecule has 0 amide bonds. The van der Waals surface area contributed by atoms with Crippen LogP contribution >= 0.6 is 0 Å². The van der Waals surface area contributed by atoms with Crippen LogP contribution in [0.1, 0.15) is 25.8 Å². The molecule has 0 aliphatic heterocycles. The van der Waals surface area contributed by atoms with Gasteiger partial charge in [-0.25, -0.2) is 4.68 Å². The fraction of sp³-hybridized carbons (Fsp3) is 0.412. The second-order valence-electron chi connectivity index (χ2n) is 5.08. The highest BCUT2D eigenvalue weighted by molar-refractivity contribution is 5.60. The van der Waals surface area contributed by atoms with Crippen LogP contribution in [0.2, 0.25) is 0 Å². The molecule has 0 radical (unpaired) electrons. The maximum Gasteiger partial charge on any atom is 0.271 e. The van der Waals surface area contributed by atoms with Crippen LogP contribution in [-0.4, -0.2) is 23.4 Å². The Morgan fingerprint density at radius 1 is 1.23 bits per heavy atom. The minimum absolute atomic E-state index is 0.0247. The van der Waals surface area contributed by atoms with E-state index in [0.717, 1.165) is 35.5 Å². The Morgan fingerprint density at radius 3 is 2.55 bits per heavy atom. The monoisotopic (exact) mass is 301 g/mol. The summed E-state index contributed by atoms with van der Waals surface area (Å²) < 4.78 is 6.69. The summed E-state index contributed by atoms with van der Waals surface area (Å²) >= 11 is 0. The van der Waals surface area contributed by atoms with Gasteiger partial charge in [-0.2, -0.15) is 5.10 Å². The highest BCUT2D eigenvalue weighted by Gasteiger charge is 2.09. The minimum Gasteiger partial charge on any atom is -0.497 e. The summed E-state index contributed by atoms with van der Waals surface area (Å²) in [6.45, 7) is 6.05. The predicted octanol–water partition coefficient (Wildman–Crippen LogP) is 2.44. The number of nitrogens with zero attached hydrogens (tertiary/aromatic N) is 2. The van der Waals surface area contributed by atoms with E-state index >= 15 is 0 Å². The van der Waals surface area contributed by atoms with Gasteiger partial charge in [-0.3, -0.25) is 4.79 Å². The van der Waals surface area contributed by atoms with Crippen molar-refractivity contribution in [1.82, 2.24) is 15.1 Å². The lowest BCUT2D eigenvalue weighted by Gasteiger charge is -2.10. The maximum absolute atomic E-state index is 12.3. The van der Waals surface area contributed by atoms with E-state index in [2.05, 4.69) is 17.3 Å². The van der Waals surface area contributed by atoms with Crippen LogP contribution in [0.25, 0.3) is 11.3 Å². The molecule has 0 saturated heterocycles. The highest BCUT2D eigenvalue weighted by Crippen LogP contribution is 2.20. The van der Waals surface area contributed by atoms with E-state index in [1.54, 1.807) is 7.11 Å². The zero-order chi connectivity index (χ0) is 15.9. The van der Waals surface area contributed by atoms with Crippen molar-refractivity contribution in [3.05, 3.63) is 46.2 Å². The zero-order valence-corrected chi connectivity index (χ0v) is 13.4. The first-order valence-corrected chi connectivity index (χ1v) is 7.65. The van der Waals surface area contributed by atoms with E-state index in [9.17, 15) is 4.79 Å². The van der Waals surface area contributed by atoms with Crippen molar-refractivity contribution in [2.45, 2.75) is 33.4 Å². The molecule has 0 aliphatic rings. The number of nitrogens with one attached hydrogen (secondary N) is 1. The normalized spacial score (nSPS) is 10.7. The first-order valence-electron chi connectivity index (χ1n) is 7.65. The fourth-order valence-electron chi connectivity index (χ4n) is 2.24. The van der Waals surface area contributed by atoms with Crippen LogP contribution in [0.15, 0.2) is 35.1 Å². The van der Waals surface area contributed by atoms with Crippen molar-refractivity contribution >= 4 is 0 Å². The number of rotatable bonds is 7. The summed E-state index contributed by atoms with van der Waals surface area (Å²) in [6.07, 6.45) is 1.04. The van der Waals surface area contributed by atoms with Gasteiger partial charge >= 0.3 is 0 Å². The lowest BCUT2D eigenvalue weighted by atomic mass is 10.1. The number of benzene rings is 1. The zero-order valence-electron chi connectivity index (χ0n) is 13.4. The van der Waals surface area contributed by atoms with E-state index in [0.29, 0.717) is 13.1 Å². The molecule has 0 atom stereocenters. The predicted molar refractivity (Wildman–Crippen MR) is 88.2 cm³/mol. The van der Waals surface area contributed by atoms with E-state index in [1.165, 1.54) is 4.68 Å². The Bertz CT molecular complexity index is 663. The third-order valence-corrected chi connectivity index (χ3v) is 3.48. The summed E-state index contributed by atoms with van der Waals surface area (Å²) in [6, 6.07) is 9.57. The van der Waals surface area contributed by atoms with Crippen molar-refractivity contribution in [2.24, 2.45) is 0 Å². The van der Waals surface area contributed by atoms with E-state index in [1.807, 2.05) is 37.3 Å². The number of aromatic nitrogens is 2. The molecule has 2 rings (SSSR count). The molecule has 0 bridgehead atoms. The third-order valence-electron chi connectivity index (χ3n) is 3.48. The third kappa shape index (κ3) is 3.74. The molecule has 1 aromatic heterocycles. The van der Waals surface area contributed by atoms with Crippen molar-refractivity contribution in [1.29, 1.82) is 0 Å². The first-order chi connectivity index (χ1) is 10.7. The summed E-state index contributed by atoms with van der Waals surface area (Å²) in [5.74, 6) is 0.803. The van der Waals surface area contributed by atoms with Crippen molar-refractivity contribution in [2.75, 3.05) is 13.7 Å². The van der Waals surface area contributed by atoms with Crippen LogP contribution in [0.5, 0.6) is 5.75 Å². The van der Waals surface area contributed by atoms with Gasteiger partial charge in [0.25, 0.3) is 5.56 Å². The lowest BCUT2D eigenvalue weighted by molar-refractivity contribution is 0.415. The Morgan fingerprint density at radius 2 is 1.95 bits per heavy atom. The smallest absolute Gasteiger partial charge is 0.271 e. The Kier molecular flexibility index (Phi) is 5.72. The van der Waals surface area contributed by atoms with Gasteiger partial charge in [0.05, 0.1) is 12.8 Å². The van der Waals surface area contributed by atoms with Gasteiger partial charge in [-0.15, -0.1) is 0 Å². The molecule has 0 aliphatic carbocycles. The number of hydrogen-bond donors (Lipinski definition) is 1. The molecule has 118 valence electrons. The van der Waals surface area contributed by atoms with Gasteiger partial charge in [0, 0.05) is 24.2 Å². The molecule has 1 N–H and O–H groups in total. The quantitative estimate of drug-likeness (QED) is 0.798. The molecule has 0 fully saturated rings. The SMILES string of the molecule is CCCNCc1cc(-c2ccc(OC)cc2)nn(CC)c1=O. The lowest BCUT2D eigenvalue weighted by Crippen LogP contribution is -2.29. The highest BCUT2D eigenvalue weighted by atomic mass is 16.5. The van der Waals surface area contributed by atoms with Crippen LogP contribution < -0.4 is 15.6 Å². The van der Waals surface area contributed by atoms with Gasteiger partial charge in [-0.05, 0) is 50.2 Å². The van der Waals surface area contributed by atoms with Gasteiger partial charge in [0.2, 0.25) is 0 Å². The number of aryl methyl sites for hydroxylation is 1. The second-order valence-corrected chi connectivity index (χ2v) is 5.08. The molecule has 5 heteroatoms. The van der Waals surface area contributed by atoms with Crippen LogP contribution in [0.3, 0.4) is 0 Å². The average Bonchev–Trinajstić information content (AvgIpc) is 2.56. The molecule has 2 aromatic rings. The Balaban J connectivity index is 2.37. The van der Waals surface area contributed by atoms with Crippen molar-refractivity contribution in [3.8, 4) is 17.0 Å². The Hall–Kier alpha value is -2.14. The number of methoxy groups -OCH3 is 1. The molecule has 0 saturated carbocycles. The Labute approximate surface area is 130 Å². The van der Waals surface area contributed by atoms with Crippen LogP contribution in [0.4, 0.5) is 0 Å².